The Morgan fingerprint density at radius 3 is 3.11 bits per heavy atom. The lowest BCUT2D eigenvalue weighted by Gasteiger charge is -2.26. The smallest absolute Gasteiger partial charge is 0.122 e. The van der Waals surface area contributed by atoms with Gasteiger partial charge in [-0.2, -0.15) is 0 Å². The van der Waals surface area contributed by atoms with Gasteiger partial charge in [-0.05, 0) is 48.9 Å². The summed E-state index contributed by atoms with van der Waals surface area (Å²) in [6.07, 6.45) is 5.07. The second kappa shape index (κ2) is 5.16. The van der Waals surface area contributed by atoms with Crippen LogP contribution in [0.3, 0.4) is 0 Å². The molecule has 1 heterocycles. The van der Waals surface area contributed by atoms with E-state index < -0.39 is 0 Å². The van der Waals surface area contributed by atoms with Crippen LogP contribution in [0.4, 0.5) is 0 Å². The Bertz CT molecular complexity index is 457. The molecule has 1 aliphatic heterocycles. The minimum absolute atomic E-state index is 0.384. The molecular formula is C17H25NO. The monoisotopic (exact) mass is 259 g/mol. The molecule has 1 aromatic carbocycles. The van der Waals surface area contributed by atoms with Gasteiger partial charge in [0.1, 0.15) is 5.75 Å². The molecule has 1 fully saturated rings. The van der Waals surface area contributed by atoms with Crippen molar-refractivity contribution in [1.82, 2.24) is 5.32 Å². The highest BCUT2D eigenvalue weighted by Crippen LogP contribution is 2.41. The Labute approximate surface area is 116 Å². The van der Waals surface area contributed by atoms with E-state index in [0.29, 0.717) is 5.41 Å². The fourth-order valence-corrected chi connectivity index (χ4v) is 3.66. The summed E-state index contributed by atoms with van der Waals surface area (Å²) in [6, 6.07) is 6.49. The van der Waals surface area contributed by atoms with Crippen LogP contribution in [0.1, 0.15) is 44.2 Å². The predicted octanol–water partition coefficient (Wildman–Crippen LogP) is 3.54. The number of rotatable bonds is 3. The fraction of sp³-hybridized carbons (Fsp3) is 0.647. The van der Waals surface area contributed by atoms with Crippen molar-refractivity contribution in [3.05, 3.63) is 29.3 Å². The molecular weight excluding hydrogens is 234 g/mol. The Hall–Kier alpha value is -1.02. The lowest BCUT2D eigenvalue weighted by atomic mass is 9.89. The van der Waals surface area contributed by atoms with E-state index in [9.17, 15) is 0 Å². The van der Waals surface area contributed by atoms with Crippen LogP contribution in [0.2, 0.25) is 0 Å². The van der Waals surface area contributed by atoms with Crippen molar-refractivity contribution in [2.75, 3.05) is 13.2 Å². The molecule has 2 aliphatic rings. The van der Waals surface area contributed by atoms with Crippen LogP contribution in [0.5, 0.6) is 5.75 Å². The summed E-state index contributed by atoms with van der Waals surface area (Å²) >= 11 is 0. The molecule has 104 valence electrons. The normalized spacial score (nSPS) is 30.1. The molecule has 2 unspecified atom stereocenters. The number of benzene rings is 1. The molecule has 0 bridgehead atoms. The first kappa shape index (κ1) is 13.0. The van der Waals surface area contributed by atoms with Crippen LogP contribution in [-0.4, -0.2) is 13.2 Å². The second-order valence-corrected chi connectivity index (χ2v) is 6.77. The van der Waals surface area contributed by atoms with Gasteiger partial charge in [-0.25, -0.2) is 0 Å². The summed E-state index contributed by atoms with van der Waals surface area (Å²) in [7, 11) is 0. The maximum absolute atomic E-state index is 6.21. The van der Waals surface area contributed by atoms with Crippen molar-refractivity contribution in [3.8, 4) is 5.75 Å². The first-order valence-electron chi connectivity index (χ1n) is 7.61. The second-order valence-electron chi connectivity index (χ2n) is 6.77. The van der Waals surface area contributed by atoms with Gasteiger partial charge in [0.05, 0.1) is 6.61 Å². The lowest BCUT2D eigenvalue weighted by molar-refractivity contribution is 0.162. The number of hydrogen-bond acceptors (Lipinski definition) is 2. The zero-order valence-electron chi connectivity index (χ0n) is 12.2. The number of ether oxygens (including phenoxy) is 1. The maximum Gasteiger partial charge on any atom is 0.122 e. The average molecular weight is 259 g/mol. The lowest BCUT2D eigenvalue weighted by Crippen LogP contribution is -2.26. The summed E-state index contributed by atoms with van der Waals surface area (Å²) in [5, 5.41) is 3.42. The zero-order valence-corrected chi connectivity index (χ0v) is 12.2. The Morgan fingerprint density at radius 2 is 2.32 bits per heavy atom. The molecule has 0 spiro atoms. The minimum Gasteiger partial charge on any atom is -0.493 e. The third kappa shape index (κ3) is 2.79. The van der Waals surface area contributed by atoms with Crippen molar-refractivity contribution in [3.63, 3.8) is 0 Å². The number of hydrogen-bond donors (Lipinski definition) is 1. The molecule has 0 amide bonds. The molecule has 19 heavy (non-hydrogen) atoms. The molecule has 0 radical (unpaired) electrons. The molecule has 1 N–H and O–H groups in total. The first-order valence-corrected chi connectivity index (χ1v) is 7.61. The van der Waals surface area contributed by atoms with Gasteiger partial charge in [0.2, 0.25) is 0 Å². The number of nitrogens with one attached hydrogen (secondary N) is 1. The maximum atomic E-state index is 6.21. The van der Waals surface area contributed by atoms with Gasteiger partial charge in [0.25, 0.3) is 0 Å². The summed E-state index contributed by atoms with van der Waals surface area (Å²) < 4.78 is 6.21. The van der Waals surface area contributed by atoms with E-state index in [1.807, 2.05) is 0 Å². The fourth-order valence-electron chi connectivity index (χ4n) is 3.66. The summed E-state index contributed by atoms with van der Waals surface area (Å²) in [6.45, 7) is 7.68. The molecule has 3 rings (SSSR count). The van der Waals surface area contributed by atoms with Crippen LogP contribution >= 0.6 is 0 Å². The topological polar surface area (TPSA) is 21.3 Å². The van der Waals surface area contributed by atoms with Gasteiger partial charge in [-0.3, -0.25) is 0 Å². The SMILES string of the molecule is CC1CCC(C)(COc2cccc3c2CCNC3)C1. The Balaban J connectivity index is 1.70. The minimum atomic E-state index is 0.384. The van der Waals surface area contributed by atoms with Crippen molar-refractivity contribution in [2.24, 2.45) is 11.3 Å². The van der Waals surface area contributed by atoms with Gasteiger partial charge in [0.15, 0.2) is 0 Å². The van der Waals surface area contributed by atoms with Crippen LogP contribution in [0, 0.1) is 11.3 Å². The van der Waals surface area contributed by atoms with Crippen LogP contribution in [0.15, 0.2) is 18.2 Å². The van der Waals surface area contributed by atoms with E-state index in [1.165, 1.54) is 30.4 Å². The molecule has 0 saturated heterocycles. The van der Waals surface area contributed by atoms with Gasteiger partial charge in [0, 0.05) is 12.0 Å². The van der Waals surface area contributed by atoms with E-state index in [1.54, 1.807) is 0 Å². The van der Waals surface area contributed by atoms with Crippen molar-refractivity contribution < 1.29 is 4.74 Å². The van der Waals surface area contributed by atoms with E-state index >= 15 is 0 Å². The summed E-state index contributed by atoms with van der Waals surface area (Å²) in [5.41, 5.74) is 3.22. The van der Waals surface area contributed by atoms with Gasteiger partial charge < -0.3 is 10.1 Å². The third-order valence-electron chi connectivity index (χ3n) is 4.76. The summed E-state index contributed by atoms with van der Waals surface area (Å²) in [4.78, 5) is 0. The van der Waals surface area contributed by atoms with Crippen LogP contribution < -0.4 is 10.1 Å². The van der Waals surface area contributed by atoms with E-state index in [4.69, 9.17) is 4.74 Å². The molecule has 1 aromatic rings. The van der Waals surface area contributed by atoms with E-state index in [0.717, 1.165) is 37.8 Å². The van der Waals surface area contributed by atoms with Gasteiger partial charge in [-0.15, -0.1) is 0 Å². The standard InChI is InChI=1S/C17H25NO/c1-13-6-8-17(2,10-13)12-19-16-5-3-4-14-11-18-9-7-15(14)16/h3-5,13,18H,6-12H2,1-2H3. The average Bonchev–Trinajstić information content (AvgIpc) is 2.77. The van der Waals surface area contributed by atoms with Gasteiger partial charge >= 0.3 is 0 Å². The highest BCUT2D eigenvalue weighted by Gasteiger charge is 2.33. The van der Waals surface area contributed by atoms with E-state index in [2.05, 4.69) is 37.4 Å². The largest absolute Gasteiger partial charge is 0.493 e. The number of fused-ring (bicyclic) bond motifs is 1. The zero-order chi connectivity index (χ0) is 13.3. The predicted molar refractivity (Wildman–Crippen MR) is 78.5 cm³/mol. The molecule has 1 aliphatic carbocycles. The molecule has 0 aromatic heterocycles. The Kier molecular flexibility index (Phi) is 3.53. The molecule has 2 nitrogen and oxygen atoms in total. The highest BCUT2D eigenvalue weighted by atomic mass is 16.5. The first-order chi connectivity index (χ1) is 9.16. The van der Waals surface area contributed by atoms with Crippen molar-refractivity contribution >= 4 is 0 Å². The van der Waals surface area contributed by atoms with Crippen LogP contribution in [-0.2, 0) is 13.0 Å². The molecule has 2 atom stereocenters. The van der Waals surface area contributed by atoms with E-state index in [-0.39, 0.29) is 0 Å². The molecule has 2 heteroatoms. The highest BCUT2D eigenvalue weighted by molar-refractivity contribution is 5.41. The quantitative estimate of drug-likeness (QED) is 0.896. The third-order valence-corrected chi connectivity index (χ3v) is 4.76. The van der Waals surface area contributed by atoms with Crippen molar-refractivity contribution in [2.45, 2.75) is 46.1 Å². The van der Waals surface area contributed by atoms with Crippen molar-refractivity contribution in [1.29, 1.82) is 0 Å². The van der Waals surface area contributed by atoms with Gasteiger partial charge in [-0.1, -0.05) is 32.4 Å². The Morgan fingerprint density at radius 1 is 1.42 bits per heavy atom. The summed E-state index contributed by atoms with van der Waals surface area (Å²) in [5.74, 6) is 1.99. The van der Waals surface area contributed by atoms with Crippen LogP contribution in [0.25, 0.3) is 0 Å². The molecule has 1 saturated carbocycles.